The lowest BCUT2D eigenvalue weighted by Gasteiger charge is -2.05. The van der Waals surface area contributed by atoms with Crippen molar-refractivity contribution in [3.8, 4) is 0 Å². The minimum Gasteiger partial charge on any atom is -0.382 e. The summed E-state index contributed by atoms with van der Waals surface area (Å²) in [5.41, 5.74) is 0. The maximum atomic E-state index is 11.3. The van der Waals surface area contributed by atoms with Crippen molar-refractivity contribution in [2.75, 3.05) is 25.1 Å². The molecule has 0 aromatic carbocycles. The van der Waals surface area contributed by atoms with Crippen LogP contribution in [-0.2, 0) is 11.8 Å². The van der Waals surface area contributed by atoms with Crippen molar-refractivity contribution in [2.45, 2.75) is 13.3 Å². The van der Waals surface area contributed by atoms with Gasteiger partial charge in [0.15, 0.2) is 5.82 Å². The van der Waals surface area contributed by atoms with Gasteiger partial charge in [-0.05, 0) is 13.3 Å². The number of amides is 2. The van der Waals surface area contributed by atoms with Gasteiger partial charge in [-0.2, -0.15) is 5.10 Å². The lowest BCUT2D eigenvalue weighted by molar-refractivity contribution is 0.145. The Bertz CT molecular complexity index is 324. The molecule has 1 aromatic heterocycles. The van der Waals surface area contributed by atoms with Crippen molar-refractivity contribution in [1.29, 1.82) is 0 Å². The van der Waals surface area contributed by atoms with E-state index in [1.807, 2.05) is 6.92 Å². The highest BCUT2D eigenvalue weighted by Crippen LogP contribution is 1.99. The largest absolute Gasteiger partial charge is 0.382 e. The summed E-state index contributed by atoms with van der Waals surface area (Å²) in [5.74, 6) is 0.546. The smallest absolute Gasteiger partial charge is 0.320 e. The van der Waals surface area contributed by atoms with Crippen molar-refractivity contribution in [1.82, 2.24) is 15.1 Å². The first kappa shape index (κ1) is 12.5. The monoisotopic (exact) mass is 226 g/mol. The summed E-state index contributed by atoms with van der Waals surface area (Å²) in [6.07, 6.45) is 2.58. The van der Waals surface area contributed by atoms with E-state index in [4.69, 9.17) is 4.74 Å². The number of urea groups is 1. The number of hydrogen-bond acceptors (Lipinski definition) is 3. The standard InChI is InChI=1S/C10H18N4O2/c1-3-16-8-4-6-11-10(15)12-9-5-7-14(2)13-9/h5,7H,3-4,6,8H2,1-2H3,(H2,11,12,13,15). The average Bonchev–Trinajstić information content (AvgIpc) is 2.63. The van der Waals surface area contributed by atoms with Crippen LogP contribution in [0, 0.1) is 0 Å². The van der Waals surface area contributed by atoms with Crippen molar-refractivity contribution in [2.24, 2.45) is 7.05 Å². The Kier molecular flexibility index (Phi) is 5.35. The molecule has 0 unspecified atom stereocenters. The van der Waals surface area contributed by atoms with Crippen LogP contribution in [0.1, 0.15) is 13.3 Å². The fourth-order valence-electron chi connectivity index (χ4n) is 1.16. The lowest BCUT2D eigenvalue weighted by Crippen LogP contribution is -2.30. The van der Waals surface area contributed by atoms with Crippen LogP contribution in [0.15, 0.2) is 12.3 Å². The van der Waals surface area contributed by atoms with Crippen molar-refractivity contribution < 1.29 is 9.53 Å². The molecule has 2 N–H and O–H groups in total. The van der Waals surface area contributed by atoms with Crippen LogP contribution in [0.2, 0.25) is 0 Å². The minimum absolute atomic E-state index is 0.241. The molecule has 1 aromatic rings. The molecule has 2 amide bonds. The van der Waals surface area contributed by atoms with Crippen LogP contribution in [0.3, 0.4) is 0 Å². The number of aryl methyl sites for hydroxylation is 1. The molecule has 0 aliphatic rings. The van der Waals surface area contributed by atoms with Crippen molar-refractivity contribution >= 4 is 11.8 Å². The Morgan fingerprint density at radius 1 is 1.62 bits per heavy atom. The highest BCUT2D eigenvalue weighted by atomic mass is 16.5. The number of anilines is 1. The van der Waals surface area contributed by atoms with Gasteiger partial charge in [-0.1, -0.05) is 0 Å². The third-order valence-corrected chi connectivity index (χ3v) is 1.91. The third kappa shape index (κ3) is 4.79. The Morgan fingerprint density at radius 2 is 2.44 bits per heavy atom. The Labute approximate surface area is 95.0 Å². The van der Waals surface area contributed by atoms with E-state index in [1.165, 1.54) is 0 Å². The van der Waals surface area contributed by atoms with Gasteiger partial charge >= 0.3 is 6.03 Å². The summed E-state index contributed by atoms with van der Waals surface area (Å²) in [6, 6.07) is 1.50. The van der Waals surface area contributed by atoms with E-state index < -0.39 is 0 Å². The van der Waals surface area contributed by atoms with E-state index in [9.17, 15) is 4.79 Å². The number of nitrogens with one attached hydrogen (secondary N) is 2. The fraction of sp³-hybridized carbons (Fsp3) is 0.600. The Hall–Kier alpha value is -1.56. The second-order valence-corrected chi connectivity index (χ2v) is 3.31. The minimum atomic E-state index is -0.241. The van der Waals surface area contributed by atoms with Crippen molar-refractivity contribution in [3.63, 3.8) is 0 Å². The zero-order valence-electron chi connectivity index (χ0n) is 9.69. The van der Waals surface area contributed by atoms with Crippen LogP contribution in [-0.4, -0.2) is 35.6 Å². The van der Waals surface area contributed by atoms with E-state index in [2.05, 4.69) is 15.7 Å². The highest BCUT2D eigenvalue weighted by Gasteiger charge is 2.02. The van der Waals surface area contributed by atoms with Gasteiger partial charge in [-0.3, -0.25) is 10.00 Å². The van der Waals surface area contributed by atoms with E-state index >= 15 is 0 Å². The summed E-state index contributed by atoms with van der Waals surface area (Å²) in [4.78, 5) is 11.3. The molecule has 16 heavy (non-hydrogen) atoms. The lowest BCUT2D eigenvalue weighted by atomic mass is 10.4. The first-order valence-corrected chi connectivity index (χ1v) is 5.34. The topological polar surface area (TPSA) is 68.2 Å². The molecule has 0 saturated heterocycles. The first-order chi connectivity index (χ1) is 7.72. The summed E-state index contributed by atoms with van der Waals surface area (Å²) < 4.78 is 6.78. The van der Waals surface area contributed by atoms with Gasteiger partial charge in [0.25, 0.3) is 0 Å². The zero-order valence-corrected chi connectivity index (χ0v) is 9.69. The number of nitrogens with zero attached hydrogens (tertiary/aromatic N) is 2. The summed E-state index contributed by atoms with van der Waals surface area (Å²) >= 11 is 0. The van der Waals surface area contributed by atoms with Crippen LogP contribution in [0.5, 0.6) is 0 Å². The number of aromatic nitrogens is 2. The molecule has 0 radical (unpaired) electrons. The van der Waals surface area contributed by atoms with E-state index in [1.54, 1.807) is 24.0 Å². The molecule has 90 valence electrons. The molecular formula is C10H18N4O2. The first-order valence-electron chi connectivity index (χ1n) is 5.34. The molecule has 0 fully saturated rings. The predicted molar refractivity (Wildman–Crippen MR) is 61.3 cm³/mol. The fourth-order valence-corrected chi connectivity index (χ4v) is 1.16. The third-order valence-electron chi connectivity index (χ3n) is 1.91. The van der Waals surface area contributed by atoms with Gasteiger partial charge < -0.3 is 10.1 Å². The Balaban J connectivity index is 2.11. The zero-order chi connectivity index (χ0) is 11.8. The molecule has 6 heteroatoms. The molecule has 0 aliphatic heterocycles. The molecule has 0 saturated carbocycles. The average molecular weight is 226 g/mol. The summed E-state index contributed by atoms with van der Waals surface area (Å²) in [5, 5.41) is 9.38. The summed E-state index contributed by atoms with van der Waals surface area (Å²) in [6.45, 7) is 3.92. The van der Waals surface area contributed by atoms with E-state index in [0.29, 0.717) is 25.6 Å². The van der Waals surface area contributed by atoms with Gasteiger partial charge in [0.2, 0.25) is 0 Å². The van der Waals surface area contributed by atoms with Crippen molar-refractivity contribution in [3.05, 3.63) is 12.3 Å². The summed E-state index contributed by atoms with van der Waals surface area (Å²) in [7, 11) is 1.80. The van der Waals surface area contributed by atoms with Crippen LogP contribution in [0.4, 0.5) is 10.6 Å². The number of hydrogen-bond donors (Lipinski definition) is 2. The second-order valence-electron chi connectivity index (χ2n) is 3.31. The number of carbonyl (C=O) groups is 1. The van der Waals surface area contributed by atoms with E-state index in [-0.39, 0.29) is 6.03 Å². The predicted octanol–water partition coefficient (Wildman–Crippen LogP) is 0.968. The molecule has 1 heterocycles. The quantitative estimate of drug-likeness (QED) is 0.710. The molecule has 0 aliphatic carbocycles. The van der Waals surface area contributed by atoms with Crippen LogP contribution in [0.25, 0.3) is 0 Å². The number of rotatable bonds is 6. The second kappa shape index (κ2) is 6.84. The molecule has 1 rings (SSSR count). The molecule has 0 spiro atoms. The molecule has 6 nitrogen and oxygen atoms in total. The molecule has 0 atom stereocenters. The molecular weight excluding hydrogens is 208 g/mol. The number of ether oxygens (including phenoxy) is 1. The molecule has 0 bridgehead atoms. The van der Waals surface area contributed by atoms with Gasteiger partial charge in [-0.25, -0.2) is 4.79 Å². The van der Waals surface area contributed by atoms with Gasteiger partial charge in [0, 0.05) is 39.1 Å². The number of carbonyl (C=O) groups excluding carboxylic acids is 1. The van der Waals surface area contributed by atoms with Crippen LogP contribution < -0.4 is 10.6 Å². The normalized spacial score (nSPS) is 10.1. The van der Waals surface area contributed by atoms with Gasteiger partial charge in [0.1, 0.15) is 0 Å². The highest BCUT2D eigenvalue weighted by molar-refractivity contribution is 5.88. The van der Waals surface area contributed by atoms with Crippen LogP contribution >= 0.6 is 0 Å². The maximum Gasteiger partial charge on any atom is 0.320 e. The van der Waals surface area contributed by atoms with Gasteiger partial charge in [0.05, 0.1) is 0 Å². The maximum absolute atomic E-state index is 11.3. The van der Waals surface area contributed by atoms with E-state index in [0.717, 1.165) is 6.42 Å². The van der Waals surface area contributed by atoms with Gasteiger partial charge in [-0.15, -0.1) is 0 Å². The SMILES string of the molecule is CCOCCCNC(=O)Nc1ccn(C)n1. The Morgan fingerprint density at radius 3 is 3.06 bits per heavy atom.